The summed E-state index contributed by atoms with van der Waals surface area (Å²) in [6, 6.07) is 8.18. The molecule has 1 aliphatic rings. The number of carbonyl (C=O) groups is 1. The van der Waals surface area contributed by atoms with Crippen molar-refractivity contribution in [3.63, 3.8) is 0 Å². The third-order valence-electron chi connectivity index (χ3n) is 3.50. The Balaban J connectivity index is 1.82. The number of hydrogen-bond donors (Lipinski definition) is 1. The van der Waals surface area contributed by atoms with Gasteiger partial charge in [-0.1, -0.05) is 12.1 Å². The molecule has 1 aromatic carbocycles. The molecule has 1 fully saturated rings. The lowest BCUT2D eigenvalue weighted by molar-refractivity contribution is -0.142. The predicted octanol–water partition coefficient (Wildman–Crippen LogP) is 2.60. The van der Waals surface area contributed by atoms with E-state index in [1.165, 1.54) is 21.6 Å². The largest absolute Gasteiger partial charge is 0.481 e. The molecule has 5 heteroatoms. The minimum atomic E-state index is -0.669. The molecule has 2 heterocycles. The minimum absolute atomic E-state index is 0.189. The molecule has 3 rings (SSSR count). The van der Waals surface area contributed by atoms with E-state index in [4.69, 9.17) is 5.11 Å². The van der Waals surface area contributed by atoms with E-state index in [-0.39, 0.29) is 5.92 Å². The first-order valence-corrected chi connectivity index (χ1v) is 6.85. The van der Waals surface area contributed by atoms with Crippen molar-refractivity contribution >= 4 is 33.4 Å². The van der Waals surface area contributed by atoms with Gasteiger partial charge in [-0.2, -0.15) is 4.37 Å². The highest BCUT2D eigenvalue weighted by Gasteiger charge is 2.26. The van der Waals surface area contributed by atoms with Crippen LogP contribution in [0, 0.1) is 5.92 Å². The highest BCUT2D eigenvalue weighted by atomic mass is 32.1. The van der Waals surface area contributed by atoms with Crippen molar-refractivity contribution in [1.82, 2.24) is 4.37 Å². The Kier molecular flexibility index (Phi) is 2.91. The van der Waals surface area contributed by atoms with Crippen LogP contribution in [-0.4, -0.2) is 28.5 Å². The van der Waals surface area contributed by atoms with Crippen LogP contribution in [-0.2, 0) is 4.79 Å². The van der Waals surface area contributed by atoms with Crippen LogP contribution in [0.25, 0.3) is 10.1 Å². The third kappa shape index (κ3) is 1.95. The molecule has 1 N–H and O–H groups in total. The smallest absolute Gasteiger partial charge is 0.306 e. The first-order valence-electron chi connectivity index (χ1n) is 6.08. The standard InChI is InChI=1S/C13H14N2O2S/c16-13(17)9-5-7-15(8-6-9)12-10-3-1-2-4-11(10)18-14-12/h1-4,9H,5-8H2,(H,16,17). The zero-order valence-electron chi connectivity index (χ0n) is 9.87. The third-order valence-corrected chi connectivity index (χ3v) is 4.32. The van der Waals surface area contributed by atoms with Crippen molar-refractivity contribution < 1.29 is 9.90 Å². The summed E-state index contributed by atoms with van der Waals surface area (Å²) in [5.74, 6) is 0.156. The molecule has 94 valence electrons. The maximum atomic E-state index is 10.9. The van der Waals surface area contributed by atoms with Crippen LogP contribution in [0.3, 0.4) is 0 Å². The number of anilines is 1. The molecule has 0 saturated carbocycles. The number of carboxylic acid groups (broad SMARTS) is 1. The van der Waals surface area contributed by atoms with Crippen LogP contribution >= 0.6 is 11.5 Å². The van der Waals surface area contributed by atoms with E-state index >= 15 is 0 Å². The van der Waals surface area contributed by atoms with Crippen molar-refractivity contribution in [1.29, 1.82) is 0 Å². The first kappa shape index (κ1) is 11.5. The molecule has 0 aliphatic carbocycles. The summed E-state index contributed by atoms with van der Waals surface area (Å²) in [5, 5.41) is 10.2. The number of hydrogen-bond acceptors (Lipinski definition) is 4. The van der Waals surface area contributed by atoms with Crippen LogP contribution < -0.4 is 4.90 Å². The Hall–Kier alpha value is -1.62. The molecular formula is C13H14N2O2S. The Morgan fingerprint density at radius 1 is 1.33 bits per heavy atom. The van der Waals surface area contributed by atoms with Crippen LogP contribution in [0.5, 0.6) is 0 Å². The lowest BCUT2D eigenvalue weighted by atomic mass is 9.97. The van der Waals surface area contributed by atoms with Crippen molar-refractivity contribution in [2.75, 3.05) is 18.0 Å². The van der Waals surface area contributed by atoms with Gasteiger partial charge in [0.15, 0.2) is 0 Å². The van der Waals surface area contributed by atoms with Gasteiger partial charge in [-0.05, 0) is 36.5 Å². The molecule has 2 aromatic rings. The van der Waals surface area contributed by atoms with E-state index in [9.17, 15) is 4.79 Å². The van der Waals surface area contributed by atoms with E-state index < -0.39 is 5.97 Å². The minimum Gasteiger partial charge on any atom is -0.481 e. The van der Waals surface area contributed by atoms with Gasteiger partial charge in [0, 0.05) is 18.5 Å². The van der Waals surface area contributed by atoms with Crippen LogP contribution in [0.15, 0.2) is 24.3 Å². The molecule has 1 saturated heterocycles. The number of rotatable bonds is 2. The zero-order valence-corrected chi connectivity index (χ0v) is 10.7. The molecule has 0 unspecified atom stereocenters. The number of benzene rings is 1. The van der Waals surface area contributed by atoms with Gasteiger partial charge in [-0.3, -0.25) is 4.79 Å². The second-order valence-electron chi connectivity index (χ2n) is 4.60. The molecule has 0 atom stereocenters. The Bertz CT molecular complexity index is 573. The summed E-state index contributed by atoms with van der Waals surface area (Å²) in [4.78, 5) is 13.1. The molecular weight excluding hydrogens is 248 g/mol. The van der Waals surface area contributed by atoms with Crippen molar-refractivity contribution in [2.24, 2.45) is 5.92 Å². The quantitative estimate of drug-likeness (QED) is 0.904. The summed E-state index contributed by atoms with van der Waals surface area (Å²) < 4.78 is 5.70. The average molecular weight is 262 g/mol. The van der Waals surface area contributed by atoms with Crippen LogP contribution in [0.2, 0.25) is 0 Å². The van der Waals surface area contributed by atoms with Gasteiger partial charge in [0.2, 0.25) is 0 Å². The van der Waals surface area contributed by atoms with Gasteiger partial charge in [0.05, 0.1) is 10.6 Å². The SMILES string of the molecule is O=C(O)C1CCN(c2nsc3ccccc23)CC1. The first-order chi connectivity index (χ1) is 8.75. The van der Waals surface area contributed by atoms with Crippen molar-refractivity contribution in [3.8, 4) is 0 Å². The Morgan fingerprint density at radius 3 is 2.78 bits per heavy atom. The maximum absolute atomic E-state index is 10.9. The van der Waals surface area contributed by atoms with Crippen LogP contribution in [0.4, 0.5) is 5.82 Å². The monoisotopic (exact) mass is 262 g/mol. The molecule has 18 heavy (non-hydrogen) atoms. The number of fused-ring (bicyclic) bond motifs is 1. The fourth-order valence-electron chi connectivity index (χ4n) is 2.44. The van der Waals surface area contributed by atoms with Gasteiger partial charge in [0.25, 0.3) is 0 Å². The highest BCUT2D eigenvalue weighted by Crippen LogP contribution is 2.31. The molecule has 4 nitrogen and oxygen atoms in total. The molecule has 0 spiro atoms. The number of carboxylic acids is 1. The van der Waals surface area contributed by atoms with E-state index in [0.29, 0.717) is 12.8 Å². The van der Waals surface area contributed by atoms with Crippen molar-refractivity contribution in [3.05, 3.63) is 24.3 Å². The topological polar surface area (TPSA) is 53.4 Å². The Labute approximate surface area is 109 Å². The fourth-order valence-corrected chi connectivity index (χ4v) is 3.23. The number of aromatic nitrogens is 1. The average Bonchev–Trinajstić information content (AvgIpc) is 2.82. The van der Waals surface area contributed by atoms with E-state index in [0.717, 1.165) is 18.9 Å². The van der Waals surface area contributed by atoms with E-state index in [2.05, 4.69) is 21.4 Å². The number of piperidine rings is 1. The summed E-state index contributed by atoms with van der Waals surface area (Å²) in [6.45, 7) is 1.56. The Morgan fingerprint density at radius 2 is 2.06 bits per heavy atom. The summed E-state index contributed by atoms with van der Waals surface area (Å²) in [5.41, 5.74) is 0. The normalized spacial score (nSPS) is 17.2. The van der Waals surface area contributed by atoms with Gasteiger partial charge < -0.3 is 10.0 Å². The van der Waals surface area contributed by atoms with E-state index in [1.807, 2.05) is 12.1 Å². The van der Waals surface area contributed by atoms with Crippen LogP contribution in [0.1, 0.15) is 12.8 Å². The van der Waals surface area contributed by atoms with Gasteiger partial charge >= 0.3 is 5.97 Å². The fraction of sp³-hybridized carbons (Fsp3) is 0.385. The van der Waals surface area contributed by atoms with Gasteiger partial charge in [-0.15, -0.1) is 0 Å². The number of aliphatic carboxylic acids is 1. The summed E-state index contributed by atoms with van der Waals surface area (Å²) in [6.07, 6.45) is 1.42. The summed E-state index contributed by atoms with van der Waals surface area (Å²) >= 11 is 1.51. The predicted molar refractivity (Wildman–Crippen MR) is 72.2 cm³/mol. The number of nitrogens with zero attached hydrogens (tertiary/aromatic N) is 2. The molecule has 1 aromatic heterocycles. The van der Waals surface area contributed by atoms with Crippen molar-refractivity contribution in [2.45, 2.75) is 12.8 Å². The summed E-state index contributed by atoms with van der Waals surface area (Å²) in [7, 11) is 0. The maximum Gasteiger partial charge on any atom is 0.306 e. The second kappa shape index (κ2) is 4.57. The van der Waals surface area contributed by atoms with Gasteiger partial charge in [0.1, 0.15) is 5.82 Å². The van der Waals surface area contributed by atoms with Gasteiger partial charge in [-0.25, -0.2) is 0 Å². The second-order valence-corrected chi connectivity index (χ2v) is 5.41. The molecule has 1 aliphatic heterocycles. The lowest BCUT2D eigenvalue weighted by Gasteiger charge is -2.30. The van der Waals surface area contributed by atoms with E-state index in [1.54, 1.807) is 0 Å². The molecule has 0 radical (unpaired) electrons. The highest BCUT2D eigenvalue weighted by molar-refractivity contribution is 7.13. The molecule has 0 bridgehead atoms. The zero-order chi connectivity index (χ0) is 12.5. The molecule has 0 amide bonds. The lowest BCUT2D eigenvalue weighted by Crippen LogP contribution is -2.36.